The van der Waals surface area contributed by atoms with Crippen molar-refractivity contribution >= 4 is 5.78 Å². The van der Waals surface area contributed by atoms with E-state index in [1.54, 1.807) is 18.5 Å². The molecule has 1 N–H and O–H groups in total. The van der Waals surface area contributed by atoms with E-state index < -0.39 is 0 Å². The summed E-state index contributed by atoms with van der Waals surface area (Å²) in [5, 5.41) is 0. The van der Waals surface area contributed by atoms with Crippen LogP contribution in [0.2, 0.25) is 0 Å². The van der Waals surface area contributed by atoms with E-state index in [9.17, 15) is 4.79 Å². The molecule has 0 radical (unpaired) electrons. The Balaban J connectivity index is 2.57. The van der Waals surface area contributed by atoms with Crippen LogP contribution in [0, 0.1) is 0 Å². The van der Waals surface area contributed by atoms with Gasteiger partial charge in [-0.25, -0.2) is 0 Å². The monoisotopic (exact) mass is 152 g/mol. The summed E-state index contributed by atoms with van der Waals surface area (Å²) in [6.45, 7) is 0.470. The second-order valence-corrected chi connectivity index (χ2v) is 2.76. The summed E-state index contributed by atoms with van der Waals surface area (Å²) in [4.78, 5) is 16.0. The number of carbonyl (C=O) groups excluding carboxylic acids is 1. The first-order chi connectivity index (χ1) is 5.20. The minimum Gasteiger partial charge on any atom is -0.367 e. The highest BCUT2D eigenvalue weighted by molar-refractivity contribution is 5.97. The highest BCUT2D eigenvalue weighted by atomic mass is 16.1. The van der Waals surface area contributed by atoms with Crippen molar-refractivity contribution in [2.45, 2.75) is 0 Å². The molecule has 0 saturated carbocycles. The third-order valence-corrected chi connectivity index (χ3v) is 1.38. The molecule has 0 amide bonds. The molecule has 1 rings (SSSR count). The molecule has 0 atom stereocenters. The van der Waals surface area contributed by atoms with Gasteiger partial charge in [-0.1, -0.05) is 0 Å². The SMILES string of the molecule is CN(C)CC(=O)c1cc[nH]c1. The Labute approximate surface area is 66.0 Å². The Morgan fingerprint density at radius 2 is 2.36 bits per heavy atom. The fourth-order valence-electron chi connectivity index (χ4n) is 0.876. The van der Waals surface area contributed by atoms with Gasteiger partial charge in [-0.05, 0) is 20.2 Å². The minimum absolute atomic E-state index is 0.149. The van der Waals surface area contributed by atoms with E-state index in [1.165, 1.54) is 0 Å². The lowest BCUT2D eigenvalue weighted by molar-refractivity contribution is 0.0958. The summed E-state index contributed by atoms with van der Waals surface area (Å²) in [5.41, 5.74) is 0.749. The Morgan fingerprint density at radius 3 is 2.82 bits per heavy atom. The van der Waals surface area contributed by atoms with Gasteiger partial charge < -0.3 is 9.88 Å². The number of hydrogen-bond acceptors (Lipinski definition) is 2. The quantitative estimate of drug-likeness (QED) is 0.649. The summed E-state index contributed by atoms with van der Waals surface area (Å²) in [6, 6.07) is 1.78. The molecule has 1 heterocycles. The van der Waals surface area contributed by atoms with Crippen LogP contribution in [0.3, 0.4) is 0 Å². The molecule has 0 saturated heterocycles. The van der Waals surface area contributed by atoms with Crippen molar-refractivity contribution in [3.05, 3.63) is 24.0 Å². The molecule has 0 aliphatic carbocycles. The molecule has 0 spiro atoms. The molecule has 0 fully saturated rings. The van der Waals surface area contributed by atoms with E-state index in [-0.39, 0.29) is 5.78 Å². The van der Waals surface area contributed by atoms with Crippen molar-refractivity contribution < 1.29 is 4.79 Å². The number of ketones is 1. The number of aromatic nitrogens is 1. The van der Waals surface area contributed by atoms with Crippen LogP contribution in [0.15, 0.2) is 18.5 Å². The lowest BCUT2D eigenvalue weighted by atomic mass is 10.2. The first kappa shape index (κ1) is 8.01. The molecule has 0 aromatic carbocycles. The van der Waals surface area contributed by atoms with Crippen LogP contribution in [0.1, 0.15) is 10.4 Å². The zero-order valence-corrected chi connectivity index (χ0v) is 6.79. The minimum atomic E-state index is 0.149. The maximum atomic E-state index is 11.3. The smallest absolute Gasteiger partial charge is 0.178 e. The fourth-order valence-corrected chi connectivity index (χ4v) is 0.876. The van der Waals surface area contributed by atoms with Gasteiger partial charge in [0.2, 0.25) is 0 Å². The van der Waals surface area contributed by atoms with Gasteiger partial charge in [-0.15, -0.1) is 0 Å². The first-order valence-corrected chi connectivity index (χ1v) is 3.51. The molecule has 1 aromatic rings. The van der Waals surface area contributed by atoms with Crippen molar-refractivity contribution in [2.75, 3.05) is 20.6 Å². The molecule has 1 aromatic heterocycles. The number of nitrogens with zero attached hydrogens (tertiary/aromatic N) is 1. The van der Waals surface area contributed by atoms with E-state index in [0.29, 0.717) is 6.54 Å². The number of likely N-dealkylation sites (N-methyl/N-ethyl adjacent to an activating group) is 1. The molecular formula is C8H12N2O. The molecule has 0 bridgehead atoms. The van der Waals surface area contributed by atoms with Crippen molar-refractivity contribution in [2.24, 2.45) is 0 Å². The normalized spacial score (nSPS) is 10.5. The summed E-state index contributed by atoms with van der Waals surface area (Å²) in [6.07, 6.45) is 3.47. The van der Waals surface area contributed by atoms with Gasteiger partial charge in [0.15, 0.2) is 5.78 Å². The topological polar surface area (TPSA) is 36.1 Å². The van der Waals surface area contributed by atoms with E-state index in [0.717, 1.165) is 5.56 Å². The van der Waals surface area contributed by atoms with Gasteiger partial charge >= 0.3 is 0 Å². The van der Waals surface area contributed by atoms with Crippen LogP contribution in [-0.2, 0) is 0 Å². The van der Waals surface area contributed by atoms with Crippen LogP contribution >= 0.6 is 0 Å². The Morgan fingerprint density at radius 1 is 1.64 bits per heavy atom. The largest absolute Gasteiger partial charge is 0.367 e. The molecule has 3 heteroatoms. The van der Waals surface area contributed by atoms with E-state index in [2.05, 4.69) is 4.98 Å². The average molecular weight is 152 g/mol. The van der Waals surface area contributed by atoms with Crippen LogP contribution in [0.4, 0.5) is 0 Å². The molecule has 60 valence electrons. The van der Waals surface area contributed by atoms with E-state index in [4.69, 9.17) is 0 Å². The zero-order valence-electron chi connectivity index (χ0n) is 6.79. The Hall–Kier alpha value is -1.09. The third kappa shape index (κ3) is 2.20. The predicted molar refractivity (Wildman–Crippen MR) is 43.7 cm³/mol. The van der Waals surface area contributed by atoms with Crippen LogP contribution in [0.5, 0.6) is 0 Å². The average Bonchev–Trinajstić information content (AvgIpc) is 2.35. The van der Waals surface area contributed by atoms with Crippen molar-refractivity contribution in [1.29, 1.82) is 0 Å². The number of H-pyrrole nitrogens is 1. The number of hydrogen-bond donors (Lipinski definition) is 1. The molecule has 0 unspecified atom stereocenters. The lowest BCUT2D eigenvalue weighted by Crippen LogP contribution is -2.21. The first-order valence-electron chi connectivity index (χ1n) is 3.51. The maximum absolute atomic E-state index is 11.3. The predicted octanol–water partition coefficient (Wildman–Crippen LogP) is 0.759. The standard InChI is InChI=1S/C8H12N2O/c1-10(2)6-8(11)7-3-4-9-5-7/h3-5,9H,6H2,1-2H3. The highest BCUT2D eigenvalue weighted by Crippen LogP contribution is 1.98. The van der Waals surface area contributed by atoms with Crippen molar-refractivity contribution in [1.82, 2.24) is 9.88 Å². The van der Waals surface area contributed by atoms with Crippen molar-refractivity contribution in [3.8, 4) is 0 Å². The number of rotatable bonds is 3. The lowest BCUT2D eigenvalue weighted by Gasteiger charge is -2.05. The van der Waals surface area contributed by atoms with Crippen LogP contribution in [0.25, 0.3) is 0 Å². The number of aromatic amines is 1. The van der Waals surface area contributed by atoms with Gasteiger partial charge in [0, 0.05) is 18.0 Å². The van der Waals surface area contributed by atoms with Gasteiger partial charge in [-0.2, -0.15) is 0 Å². The number of Topliss-reactive ketones (excluding diaryl/α,β-unsaturated/α-hetero) is 1. The molecular weight excluding hydrogens is 140 g/mol. The number of carbonyl (C=O) groups is 1. The van der Waals surface area contributed by atoms with E-state index >= 15 is 0 Å². The van der Waals surface area contributed by atoms with Gasteiger partial charge in [0.05, 0.1) is 6.54 Å². The maximum Gasteiger partial charge on any atom is 0.178 e. The van der Waals surface area contributed by atoms with Crippen molar-refractivity contribution in [3.63, 3.8) is 0 Å². The second-order valence-electron chi connectivity index (χ2n) is 2.76. The van der Waals surface area contributed by atoms with Gasteiger partial charge in [0.25, 0.3) is 0 Å². The van der Waals surface area contributed by atoms with Gasteiger partial charge in [0.1, 0.15) is 0 Å². The Bertz CT molecular complexity index is 226. The fraction of sp³-hybridized carbons (Fsp3) is 0.375. The molecule has 0 aliphatic heterocycles. The second kappa shape index (κ2) is 3.34. The Kier molecular flexibility index (Phi) is 2.44. The zero-order chi connectivity index (χ0) is 8.27. The van der Waals surface area contributed by atoms with Crippen LogP contribution in [-0.4, -0.2) is 36.3 Å². The van der Waals surface area contributed by atoms with Crippen LogP contribution < -0.4 is 0 Å². The summed E-state index contributed by atoms with van der Waals surface area (Å²) < 4.78 is 0. The molecule has 3 nitrogen and oxygen atoms in total. The number of nitrogens with one attached hydrogen (secondary N) is 1. The molecule has 0 aliphatic rings. The van der Waals surface area contributed by atoms with E-state index in [1.807, 2.05) is 19.0 Å². The third-order valence-electron chi connectivity index (χ3n) is 1.38. The molecule has 11 heavy (non-hydrogen) atoms. The summed E-state index contributed by atoms with van der Waals surface area (Å²) in [7, 11) is 3.76. The highest BCUT2D eigenvalue weighted by Gasteiger charge is 2.05. The summed E-state index contributed by atoms with van der Waals surface area (Å²) in [5.74, 6) is 0.149. The summed E-state index contributed by atoms with van der Waals surface area (Å²) >= 11 is 0. The van der Waals surface area contributed by atoms with Gasteiger partial charge in [-0.3, -0.25) is 4.79 Å².